The van der Waals surface area contributed by atoms with Crippen molar-refractivity contribution < 1.29 is 4.79 Å². The zero-order valence-electron chi connectivity index (χ0n) is 15.4. The maximum Gasteiger partial charge on any atom is 0.281 e. The lowest BCUT2D eigenvalue weighted by molar-refractivity contribution is 0.101. The fraction of sp³-hybridized carbons (Fsp3) is 0.0455. The first-order chi connectivity index (χ1) is 14.1. The van der Waals surface area contributed by atoms with Crippen molar-refractivity contribution in [3.63, 3.8) is 0 Å². The Morgan fingerprint density at radius 2 is 1.79 bits per heavy atom. The van der Waals surface area contributed by atoms with Crippen LogP contribution in [0.25, 0.3) is 31.4 Å². The number of hydrogen-bond acceptors (Lipinski definition) is 5. The summed E-state index contributed by atoms with van der Waals surface area (Å²) in [6, 6.07) is 19.4. The Morgan fingerprint density at radius 1 is 1.03 bits per heavy atom. The van der Waals surface area contributed by atoms with E-state index in [0.717, 1.165) is 26.1 Å². The SMILES string of the molecule is Cc1sc2ncn(NC(=O)c3cc4ccccc4s3)c(=O)c2c1-c1ccccc1. The van der Waals surface area contributed by atoms with Crippen LogP contribution < -0.4 is 11.0 Å². The molecule has 0 radical (unpaired) electrons. The Labute approximate surface area is 173 Å². The van der Waals surface area contributed by atoms with Crippen LogP contribution in [0.3, 0.4) is 0 Å². The van der Waals surface area contributed by atoms with Gasteiger partial charge in [-0.25, -0.2) is 9.66 Å². The van der Waals surface area contributed by atoms with Crippen LogP contribution in [-0.4, -0.2) is 15.6 Å². The van der Waals surface area contributed by atoms with Crippen LogP contribution in [0.1, 0.15) is 14.5 Å². The summed E-state index contributed by atoms with van der Waals surface area (Å²) >= 11 is 2.87. The molecule has 5 aromatic rings. The van der Waals surface area contributed by atoms with E-state index in [1.807, 2.05) is 67.6 Å². The average molecular weight is 418 g/mol. The van der Waals surface area contributed by atoms with Gasteiger partial charge in [-0.05, 0) is 30.0 Å². The zero-order valence-corrected chi connectivity index (χ0v) is 17.0. The summed E-state index contributed by atoms with van der Waals surface area (Å²) in [6.07, 6.45) is 1.38. The average Bonchev–Trinajstić information content (AvgIpc) is 3.32. The maximum atomic E-state index is 13.2. The Kier molecular flexibility index (Phi) is 4.26. The number of thiophene rings is 2. The number of fused-ring (bicyclic) bond motifs is 2. The lowest BCUT2D eigenvalue weighted by atomic mass is 10.0. The van der Waals surface area contributed by atoms with Crippen molar-refractivity contribution in [2.45, 2.75) is 6.92 Å². The number of aryl methyl sites for hydroxylation is 1. The van der Waals surface area contributed by atoms with Crippen LogP contribution in [0.15, 0.2) is 71.8 Å². The standard InChI is InChI=1S/C22H15N3O2S2/c1-13-18(14-7-3-2-4-8-14)19-21(28-13)23-12-25(22(19)27)24-20(26)17-11-15-9-5-6-10-16(15)29-17/h2-12H,1H3,(H,24,26). The number of nitrogens with one attached hydrogen (secondary N) is 1. The van der Waals surface area contributed by atoms with Crippen LogP contribution in [0.2, 0.25) is 0 Å². The maximum absolute atomic E-state index is 13.2. The summed E-state index contributed by atoms with van der Waals surface area (Å²) in [5.74, 6) is -0.331. The highest BCUT2D eigenvalue weighted by Crippen LogP contribution is 2.35. The van der Waals surface area contributed by atoms with E-state index >= 15 is 0 Å². The third-order valence-corrected chi connectivity index (χ3v) is 6.85. The molecule has 5 nitrogen and oxygen atoms in total. The van der Waals surface area contributed by atoms with Gasteiger partial charge in [0, 0.05) is 15.1 Å². The van der Waals surface area contributed by atoms with E-state index < -0.39 is 0 Å². The predicted octanol–water partition coefficient (Wildman–Crippen LogP) is 5.03. The van der Waals surface area contributed by atoms with E-state index in [-0.39, 0.29) is 11.5 Å². The van der Waals surface area contributed by atoms with E-state index in [9.17, 15) is 9.59 Å². The number of benzene rings is 2. The molecule has 0 saturated carbocycles. The highest BCUT2D eigenvalue weighted by molar-refractivity contribution is 7.21. The third kappa shape index (κ3) is 3.04. The van der Waals surface area contributed by atoms with E-state index in [4.69, 9.17) is 0 Å². The molecule has 142 valence electrons. The molecule has 0 aliphatic carbocycles. The molecule has 3 aromatic heterocycles. The van der Waals surface area contributed by atoms with E-state index in [1.165, 1.54) is 33.7 Å². The molecule has 0 atom stereocenters. The van der Waals surface area contributed by atoms with E-state index in [1.54, 1.807) is 0 Å². The van der Waals surface area contributed by atoms with Crippen LogP contribution >= 0.6 is 22.7 Å². The van der Waals surface area contributed by atoms with Crippen molar-refractivity contribution in [1.82, 2.24) is 9.66 Å². The van der Waals surface area contributed by atoms with Gasteiger partial charge in [0.25, 0.3) is 11.5 Å². The van der Waals surface area contributed by atoms with Gasteiger partial charge in [0.2, 0.25) is 0 Å². The van der Waals surface area contributed by atoms with Gasteiger partial charge in [0.1, 0.15) is 11.2 Å². The molecule has 7 heteroatoms. The van der Waals surface area contributed by atoms with Crippen molar-refractivity contribution >= 4 is 48.9 Å². The zero-order chi connectivity index (χ0) is 20.0. The first-order valence-corrected chi connectivity index (χ1v) is 10.6. The van der Waals surface area contributed by atoms with Crippen LogP contribution in [0.5, 0.6) is 0 Å². The normalized spacial score (nSPS) is 11.2. The number of carbonyl (C=O) groups is 1. The highest BCUT2D eigenvalue weighted by atomic mass is 32.1. The molecule has 0 aliphatic heterocycles. The minimum atomic E-state index is -0.331. The number of nitrogens with zero attached hydrogens (tertiary/aromatic N) is 2. The molecule has 0 fully saturated rings. The molecule has 0 spiro atoms. The summed E-state index contributed by atoms with van der Waals surface area (Å²) in [5.41, 5.74) is 4.23. The third-order valence-electron chi connectivity index (χ3n) is 4.72. The van der Waals surface area contributed by atoms with Gasteiger partial charge in [-0.2, -0.15) is 0 Å². The number of hydrogen-bond donors (Lipinski definition) is 1. The second-order valence-corrected chi connectivity index (χ2v) is 8.88. The van der Waals surface area contributed by atoms with Crippen molar-refractivity contribution in [2.24, 2.45) is 0 Å². The summed E-state index contributed by atoms with van der Waals surface area (Å²) in [6.45, 7) is 1.98. The van der Waals surface area contributed by atoms with Gasteiger partial charge in [0.15, 0.2) is 0 Å². The molecule has 0 unspecified atom stereocenters. The summed E-state index contributed by atoms with van der Waals surface area (Å²) < 4.78 is 2.20. The van der Waals surface area contributed by atoms with Crippen molar-refractivity contribution in [3.05, 3.63) is 87.1 Å². The molecule has 1 N–H and O–H groups in total. The number of amides is 1. The van der Waals surface area contributed by atoms with Crippen molar-refractivity contribution in [2.75, 3.05) is 5.43 Å². The first kappa shape index (κ1) is 17.8. The molecule has 0 saturated heterocycles. The topological polar surface area (TPSA) is 64.0 Å². The summed E-state index contributed by atoms with van der Waals surface area (Å²) in [5, 5.41) is 1.53. The number of rotatable bonds is 3. The van der Waals surface area contributed by atoms with Gasteiger partial charge in [-0.3, -0.25) is 15.0 Å². The Morgan fingerprint density at radius 3 is 2.59 bits per heavy atom. The van der Waals surface area contributed by atoms with Crippen LogP contribution in [-0.2, 0) is 0 Å². The van der Waals surface area contributed by atoms with Gasteiger partial charge in [-0.15, -0.1) is 22.7 Å². The second kappa shape index (κ2) is 6.95. The van der Waals surface area contributed by atoms with Gasteiger partial charge < -0.3 is 0 Å². The Hall–Kier alpha value is -3.29. The minimum absolute atomic E-state index is 0.285. The quantitative estimate of drug-likeness (QED) is 0.448. The van der Waals surface area contributed by atoms with Crippen LogP contribution in [0, 0.1) is 6.92 Å². The van der Waals surface area contributed by atoms with Crippen molar-refractivity contribution in [1.29, 1.82) is 0 Å². The number of aromatic nitrogens is 2. The fourth-order valence-electron chi connectivity index (χ4n) is 3.39. The Bertz CT molecular complexity index is 1400. The highest BCUT2D eigenvalue weighted by Gasteiger charge is 2.18. The molecule has 1 amide bonds. The van der Waals surface area contributed by atoms with Gasteiger partial charge in [0.05, 0.1) is 10.3 Å². The molecular formula is C22H15N3O2S2. The molecule has 0 bridgehead atoms. The van der Waals surface area contributed by atoms with E-state index in [2.05, 4.69) is 10.4 Å². The predicted molar refractivity (Wildman–Crippen MR) is 120 cm³/mol. The lowest BCUT2D eigenvalue weighted by Crippen LogP contribution is -2.32. The molecule has 2 aromatic carbocycles. The van der Waals surface area contributed by atoms with E-state index in [0.29, 0.717) is 15.1 Å². The molecule has 5 rings (SSSR count). The summed E-state index contributed by atoms with van der Waals surface area (Å²) in [4.78, 5) is 32.6. The minimum Gasteiger partial charge on any atom is -0.267 e. The smallest absolute Gasteiger partial charge is 0.267 e. The van der Waals surface area contributed by atoms with Crippen LogP contribution in [0.4, 0.5) is 0 Å². The van der Waals surface area contributed by atoms with Crippen molar-refractivity contribution in [3.8, 4) is 11.1 Å². The molecule has 0 aliphatic rings. The molecule has 3 heterocycles. The first-order valence-electron chi connectivity index (χ1n) is 8.98. The monoisotopic (exact) mass is 417 g/mol. The summed E-state index contributed by atoms with van der Waals surface area (Å²) in [7, 11) is 0. The fourth-order valence-corrected chi connectivity index (χ4v) is 5.35. The largest absolute Gasteiger partial charge is 0.281 e. The lowest BCUT2D eigenvalue weighted by Gasteiger charge is -2.07. The van der Waals surface area contributed by atoms with Gasteiger partial charge >= 0.3 is 0 Å². The van der Waals surface area contributed by atoms with Gasteiger partial charge in [-0.1, -0.05) is 48.5 Å². The Balaban J connectivity index is 1.58. The second-order valence-electron chi connectivity index (χ2n) is 6.59. The molecular weight excluding hydrogens is 402 g/mol. The molecule has 29 heavy (non-hydrogen) atoms. The number of carbonyl (C=O) groups excluding carboxylic acids is 1.